The van der Waals surface area contributed by atoms with Gasteiger partial charge in [-0.1, -0.05) is 18.4 Å². The van der Waals surface area contributed by atoms with Crippen LogP contribution in [-0.4, -0.2) is 25.8 Å². The van der Waals surface area contributed by atoms with Gasteiger partial charge in [0.25, 0.3) is 0 Å². The maximum absolute atomic E-state index is 5.79. The van der Waals surface area contributed by atoms with Crippen LogP contribution in [0, 0.1) is 0 Å². The maximum atomic E-state index is 5.79. The van der Waals surface area contributed by atoms with Crippen molar-refractivity contribution in [3.05, 3.63) is 12.2 Å². The van der Waals surface area contributed by atoms with Crippen LogP contribution in [0.5, 0.6) is 0 Å². The molecule has 0 radical (unpaired) electrons. The summed E-state index contributed by atoms with van der Waals surface area (Å²) in [6.07, 6.45) is 7.24. The van der Waals surface area contributed by atoms with Gasteiger partial charge < -0.3 is 10.1 Å². The second-order valence-corrected chi connectivity index (χ2v) is 4.81. The highest BCUT2D eigenvalue weighted by Crippen LogP contribution is 2.37. The third-order valence-corrected chi connectivity index (χ3v) is 3.70. The quantitative estimate of drug-likeness (QED) is 0.682. The largest absolute Gasteiger partial charge is 0.377 e. The molecule has 0 aromatic heterocycles. The molecule has 1 N–H and O–H groups in total. The zero-order valence-corrected chi connectivity index (χ0v) is 10.4. The summed E-state index contributed by atoms with van der Waals surface area (Å²) in [7, 11) is 3.90. The molecule has 0 aromatic carbocycles. The molecule has 2 heteroatoms. The number of methoxy groups -OCH3 is 1. The number of hydrogen-bond acceptors (Lipinski definition) is 2. The first kappa shape index (κ1) is 12.7. The van der Waals surface area contributed by atoms with Gasteiger partial charge in [-0.25, -0.2) is 0 Å². The smallest absolute Gasteiger partial charge is 0.0830 e. The number of hydrogen-bond donors (Lipinski definition) is 1. The Morgan fingerprint density at radius 2 is 2.07 bits per heavy atom. The predicted octanol–water partition coefficient (Wildman–Crippen LogP) is 2.89. The van der Waals surface area contributed by atoms with Crippen molar-refractivity contribution in [2.75, 3.05) is 14.2 Å². The van der Waals surface area contributed by atoms with Crippen LogP contribution >= 0.6 is 0 Å². The number of likely N-dealkylation sites (N-methyl/N-ethyl adjacent to an activating group) is 1. The Morgan fingerprint density at radius 3 is 2.47 bits per heavy atom. The SMILES string of the molecule is C=C(C)CCC(NC)C1(OC)CCCC1. The van der Waals surface area contributed by atoms with Gasteiger partial charge in [-0.3, -0.25) is 0 Å². The highest BCUT2D eigenvalue weighted by molar-refractivity contribution is 4.99. The molecule has 1 atom stereocenters. The van der Waals surface area contributed by atoms with Gasteiger partial charge in [0.1, 0.15) is 0 Å². The first-order valence-corrected chi connectivity index (χ1v) is 6.01. The molecule has 88 valence electrons. The molecule has 0 aliphatic heterocycles. The van der Waals surface area contributed by atoms with Gasteiger partial charge in [0.15, 0.2) is 0 Å². The monoisotopic (exact) mass is 211 g/mol. The molecule has 1 unspecified atom stereocenters. The van der Waals surface area contributed by atoms with E-state index in [0.717, 1.165) is 12.8 Å². The molecule has 15 heavy (non-hydrogen) atoms. The Labute approximate surface area is 94.1 Å². The molecule has 2 nitrogen and oxygen atoms in total. The summed E-state index contributed by atoms with van der Waals surface area (Å²) in [5.74, 6) is 0. The molecule has 1 rings (SSSR count). The fourth-order valence-electron chi connectivity index (χ4n) is 2.73. The van der Waals surface area contributed by atoms with Crippen LogP contribution in [0.3, 0.4) is 0 Å². The summed E-state index contributed by atoms with van der Waals surface area (Å²) in [4.78, 5) is 0. The molecular weight excluding hydrogens is 186 g/mol. The van der Waals surface area contributed by atoms with E-state index in [9.17, 15) is 0 Å². The lowest BCUT2D eigenvalue weighted by molar-refractivity contribution is -0.0357. The fraction of sp³-hybridized carbons (Fsp3) is 0.846. The molecule has 1 fully saturated rings. The van der Waals surface area contributed by atoms with Crippen LogP contribution in [0.4, 0.5) is 0 Å². The molecule has 1 aliphatic carbocycles. The van der Waals surface area contributed by atoms with Crippen LogP contribution in [0.25, 0.3) is 0 Å². The summed E-state index contributed by atoms with van der Waals surface area (Å²) >= 11 is 0. The van der Waals surface area contributed by atoms with E-state index >= 15 is 0 Å². The van der Waals surface area contributed by atoms with E-state index in [1.54, 1.807) is 0 Å². The molecule has 0 amide bonds. The summed E-state index contributed by atoms with van der Waals surface area (Å²) in [5.41, 5.74) is 1.35. The fourth-order valence-corrected chi connectivity index (χ4v) is 2.73. The predicted molar refractivity (Wildman–Crippen MR) is 65.1 cm³/mol. The zero-order valence-electron chi connectivity index (χ0n) is 10.4. The second kappa shape index (κ2) is 5.66. The average molecular weight is 211 g/mol. The van der Waals surface area contributed by atoms with Gasteiger partial charge in [-0.2, -0.15) is 0 Å². The van der Waals surface area contributed by atoms with Crippen molar-refractivity contribution in [2.24, 2.45) is 0 Å². The minimum absolute atomic E-state index is 0.0875. The molecule has 0 bridgehead atoms. The Balaban J connectivity index is 2.57. The highest BCUT2D eigenvalue weighted by atomic mass is 16.5. The van der Waals surface area contributed by atoms with Gasteiger partial charge in [0.05, 0.1) is 5.60 Å². The lowest BCUT2D eigenvalue weighted by Gasteiger charge is -2.36. The summed E-state index contributed by atoms with van der Waals surface area (Å²) < 4.78 is 5.79. The van der Waals surface area contributed by atoms with Crippen molar-refractivity contribution in [1.29, 1.82) is 0 Å². The third kappa shape index (κ3) is 3.05. The minimum Gasteiger partial charge on any atom is -0.377 e. The Bertz CT molecular complexity index is 207. The van der Waals surface area contributed by atoms with Gasteiger partial charge in [-0.05, 0) is 39.7 Å². The summed E-state index contributed by atoms with van der Waals surface area (Å²) in [6.45, 7) is 6.07. The molecule has 1 saturated carbocycles. The zero-order chi connectivity index (χ0) is 11.3. The first-order valence-electron chi connectivity index (χ1n) is 6.01. The Kier molecular flexibility index (Phi) is 4.81. The number of rotatable bonds is 6. The van der Waals surface area contributed by atoms with Crippen LogP contribution in [0.1, 0.15) is 45.4 Å². The highest BCUT2D eigenvalue weighted by Gasteiger charge is 2.40. The average Bonchev–Trinajstić information content (AvgIpc) is 2.68. The molecule has 0 saturated heterocycles. The van der Waals surface area contributed by atoms with Crippen molar-refractivity contribution in [3.8, 4) is 0 Å². The van der Waals surface area contributed by atoms with E-state index in [4.69, 9.17) is 4.74 Å². The molecule has 0 aromatic rings. The van der Waals surface area contributed by atoms with Crippen LogP contribution in [0.2, 0.25) is 0 Å². The van der Waals surface area contributed by atoms with Crippen molar-refractivity contribution >= 4 is 0 Å². The lowest BCUT2D eigenvalue weighted by atomic mass is 9.88. The van der Waals surface area contributed by atoms with Crippen molar-refractivity contribution < 1.29 is 4.74 Å². The van der Waals surface area contributed by atoms with E-state index in [0.29, 0.717) is 6.04 Å². The number of nitrogens with one attached hydrogen (secondary N) is 1. The van der Waals surface area contributed by atoms with Crippen molar-refractivity contribution in [3.63, 3.8) is 0 Å². The molecule has 1 aliphatic rings. The van der Waals surface area contributed by atoms with Crippen molar-refractivity contribution in [2.45, 2.75) is 57.1 Å². The maximum Gasteiger partial charge on any atom is 0.0830 e. The van der Waals surface area contributed by atoms with Crippen LogP contribution in [-0.2, 0) is 4.74 Å². The summed E-state index contributed by atoms with van der Waals surface area (Å²) in [5, 5.41) is 3.42. The van der Waals surface area contributed by atoms with E-state index < -0.39 is 0 Å². The number of allylic oxidation sites excluding steroid dienone is 1. The minimum atomic E-state index is 0.0875. The van der Waals surface area contributed by atoms with Gasteiger partial charge >= 0.3 is 0 Å². The van der Waals surface area contributed by atoms with E-state index in [-0.39, 0.29) is 5.60 Å². The molecule has 0 spiro atoms. The van der Waals surface area contributed by atoms with E-state index in [2.05, 4.69) is 18.8 Å². The Morgan fingerprint density at radius 1 is 1.47 bits per heavy atom. The number of ether oxygens (including phenoxy) is 1. The van der Waals surface area contributed by atoms with Crippen molar-refractivity contribution in [1.82, 2.24) is 5.32 Å². The topological polar surface area (TPSA) is 21.3 Å². The lowest BCUT2D eigenvalue weighted by Crippen LogP contribution is -2.49. The van der Waals surface area contributed by atoms with Gasteiger partial charge in [0, 0.05) is 13.2 Å². The van der Waals surface area contributed by atoms with Crippen LogP contribution in [0.15, 0.2) is 12.2 Å². The van der Waals surface area contributed by atoms with Crippen LogP contribution < -0.4 is 5.32 Å². The van der Waals surface area contributed by atoms with Gasteiger partial charge in [-0.15, -0.1) is 6.58 Å². The Hall–Kier alpha value is -0.340. The van der Waals surface area contributed by atoms with Gasteiger partial charge in [0.2, 0.25) is 0 Å². The summed E-state index contributed by atoms with van der Waals surface area (Å²) in [6, 6.07) is 0.474. The third-order valence-electron chi connectivity index (χ3n) is 3.70. The van der Waals surface area contributed by atoms with E-state index in [1.807, 2.05) is 14.2 Å². The first-order chi connectivity index (χ1) is 7.14. The molecule has 0 heterocycles. The normalized spacial score (nSPS) is 21.5. The second-order valence-electron chi connectivity index (χ2n) is 4.81. The standard InChI is InChI=1S/C13H25NO/c1-11(2)7-8-12(14-3)13(15-4)9-5-6-10-13/h12,14H,1,5-10H2,2-4H3. The molecular formula is C13H25NO. The van der Waals surface area contributed by atoms with E-state index in [1.165, 1.54) is 31.3 Å².